The zero-order valence-electron chi connectivity index (χ0n) is 14.2. The number of carbonyl (C=O) groups is 2. The molecule has 3 aliphatic heterocycles. The first-order valence-electron chi connectivity index (χ1n) is 9.20. The normalized spacial score (nSPS) is 29.5. The maximum atomic E-state index is 12.8. The summed E-state index contributed by atoms with van der Waals surface area (Å²) in [6.45, 7) is 4.35. The number of likely N-dealkylation sites (tertiary alicyclic amines) is 1. The molecule has 24 heavy (non-hydrogen) atoms. The lowest BCUT2D eigenvalue weighted by Crippen LogP contribution is -2.61. The Labute approximate surface area is 142 Å². The average Bonchev–Trinajstić information content (AvgIpc) is 3.04. The Hall–Kier alpha value is -1.85. The molecule has 2 amide bonds. The van der Waals surface area contributed by atoms with Crippen LogP contribution in [0.4, 0.5) is 0 Å². The molecule has 0 saturated carbocycles. The molecule has 4 rings (SSSR count). The first-order valence-corrected chi connectivity index (χ1v) is 9.20. The smallest absolute Gasteiger partial charge is 0.276 e. The van der Waals surface area contributed by atoms with E-state index in [1.807, 2.05) is 4.90 Å². The van der Waals surface area contributed by atoms with Gasteiger partial charge in [0.25, 0.3) is 5.91 Å². The van der Waals surface area contributed by atoms with Crippen molar-refractivity contribution in [2.75, 3.05) is 19.6 Å². The summed E-state index contributed by atoms with van der Waals surface area (Å²) in [4.78, 5) is 29.0. The van der Waals surface area contributed by atoms with E-state index >= 15 is 0 Å². The third kappa shape index (κ3) is 2.72. The Kier molecular flexibility index (Phi) is 4.06. The third-order valence-corrected chi connectivity index (χ3v) is 5.74. The van der Waals surface area contributed by atoms with Crippen molar-refractivity contribution >= 4 is 11.8 Å². The standard InChI is InChI=1S/C18H25N3O3/c1-2-4-14-8-15(19-24-14)18(23)20-9-12-7-13(11-20)16-5-3-6-17(22)21(16)10-12/h8,12-13,16H,2-7,9-11H2,1H3/t12?,13?,16-/m0/s1. The Morgan fingerprint density at radius 2 is 2.25 bits per heavy atom. The molecule has 0 N–H and O–H groups in total. The molecule has 130 valence electrons. The van der Waals surface area contributed by atoms with E-state index in [4.69, 9.17) is 4.52 Å². The number of aryl methyl sites for hydroxylation is 1. The summed E-state index contributed by atoms with van der Waals surface area (Å²) in [5.41, 5.74) is 0.426. The number of amides is 2. The molecule has 2 unspecified atom stereocenters. The van der Waals surface area contributed by atoms with Crippen LogP contribution in [0.15, 0.2) is 10.6 Å². The molecule has 3 fully saturated rings. The number of rotatable bonds is 3. The van der Waals surface area contributed by atoms with Crippen LogP contribution in [0.5, 0.6) is 0 Å². The Bertz CT molecular complexity index is 641. The molecule has 6 nitrogen and oxygen atoms in total. The van der Waals surface area contributed by atoms with Crippen molar-refractivity contribution in [1.29, 1.82) is 0 Å². The first-order chi connectivity index (χ1) is 11.7. The number of hydrogen-bond acceptors (Lipinski definition) is 4. The average molecular weight is 331 g/mol. The van der Waals surface area contributed by atoms with E-state index in [1.54, 1.807) is 6.07 Å². The second-order valence-electron chi connectivity index (χ2n) is 7.51. The van der Waals surface area contributed by atoms with Gasteiger partial charge < -0.3 is 14.3 Å². The largest absolute Gasteiger partial charge is 0.361 e. The monoisotopic (exact) mass is 331 g/mol. The van der Waals surface area contributed by atoms with Gasteiger partial charge in [-0.05, 0) is 37.5 Å². The molecule has 3 aliphatic rings. The quantitative estimate of drug-likeness (QED) is 0.851. The highest BCUT2D eigenvalue weighted by Crippen LogP contribution is 2.38. The van der Waals surface area contributed by atoms with E-state index in [0.29, 0.717) is 35.9 Å². The zero-order chi connectivity index (χ0) is 16.7. The fourth-order valence-corrected chi connectivity index (χ4v) is 4.72. The molecule has 3 atom stereocenters. The van der Waals surface area contributed by atoms with Gasteiger partial charge in [-0.2, -0.15) is 0 Å². The Morgan fingerprint density at radius 1 is 1.38 bits per heavy atom. The van der Waals surface area contributed by atoms with Gasteiger partial charge in [-0.1, -0.05) is 12.1 Å². The molecule has 4 heterocycles. The minimum atomic E-state index is -0.0219. The van der Waals surface area contributed by atoms with Gasteiger partial charge in [-0.3, -0.25) is 9.59 Å². The summed E-state index contributed by atoms with van der Waals surface area (Å²) in [6, 6.07) is 2.11. The maximum absolute atomic E-state index is 12.8. The van der Waals surface area contributed by atoms with Crippen LogP contribution in [-0.4, -0.2) is 52.4 Å². The molecular formula is C18H25N3O3. The van der Waals surface area contributed by atoms with Crippen LogP contribution >= 0.6 is 0 Å². The van der Waals surface area contributed by atoms with Gasteiger partial charge in [0.15, 0.2) is 5.69 Å². The molecule has 1 aromatic rings. The molecule has 0 aliphatic carbocycles. The van der Waals surface area contributed by atoms with Crippen LogP contribution in [0.1, 0.15) is 55.3 Å². The van der Waals surface area contributed by atoms with E-state index in [0.717, 1.165) is 57.5 Å². The molecule has 0 radical (unpaired) electrons. The van der Waals surface area contributed by atoms with Crippen molar-refractivity contribution in [3.63, 3.8) is 0 Å². The highest BCUT2D eigenvalue weighted by atomic mass is 16.5. The minimum Gasteiger partial charge on any atom is -0.361 e. The zero-order valence-corrected chi connectivity index (χ0v) is 14.2. The second-order valence-corrected chi connectivity index (χ2v) is 7.51. The number of piperidine rings is 3. The fraction of sp³-hybridized carbons (Fsp3) is 0.722. The lowest BCUT2D eigenvalue weighted by molar-refractivity contribution is -0.144. The number of fused-ring (bicyclic) bond motifs is 4. The molecule has 0 aromatic carbocycles. The van der Waals surface area contributed by atoms with Gasteiger partial charge in [-0.25, -0.2) is 0 Å². The van der Waals surface area contributed by atoms with Gasteiger partial charge in [0, 0.05) is 44.6 Å². The topological polar surface area (TPSA) is 66.7 Å². The first kappa shape index (κ1) is 15.7. The van der Waals surface area contributed by atoms with E-state index < -0.39 is 0 Å². The van der Waals surface area contributed by atoms with E-state index in [1.165, 1.54) is 0 Å². The van der Waals surface area contributed by atoms with Crippen molar-refractivity contribution < 1.29 is 14.1 Å². The van der Waals surface area contributed by atoms with Crippen molar-refractivity contribution in [2.24, 2.45) is 11.8 Å². The van der Waals surface area contributed by atoms with Crippen LogP contribution in [0.2, 0.25) is 0 Å². The highest BCUT2D eigenvalue weighted by Gasteiger charge is 2.45. The van der Waals surface area contributed by atoms with Crippen molar-refractivity contribution in [3.8, 4) is 0 Å². The molecule has 1 aromatic heterocycles. The Morgan fingerprint density at radius 3 is 3.08 bits per heavy atom. The third-order valence-electron chi connectivity index (χ3n) is 5.74. The van der Waals surface area contributed by atoms with Gasteiger partial charge >= 0.3 is 0 Å². The number of nitrogens with zero attached hydrogens (tertiary/aromatic N) is 3. The summed E-state index contributed by atoms with van der Waals surface area (Å²) in [5, 5.41) is 3.97. The SMILES string of the molecule is CCCc1cc(C(=O)N2CC3CC(C2)[C@@H]2CCCC(=O)N2C3)no1. The molecule has 3 saturated heterocycles. The fourth-order valence-electron chi connectivity index (χ4n) is 4.72. The van der Waals surface area contributed by atoms with Crippen molar-refractivity contribution in [1.82, 2.24) is 15.0 Å². The lowest BCUT2D eigenvalue weighted by atomic mass is 9.76. The van der Waals surface area contributed by atoms with Gasteiger partial charge in [0.1, 0.15) is 5.76 Å². The molecule has 6 heteroatoms. The number of aromatic nitrogens is 1. The van der Waals surface area contributed by atoms with Crippen molar-refractivity contribution in [2.45, 2.75) is 51.5 Å². The molecule has 0 spiro atoms. The Balaban J connectivity index is 1.48. The van der Waals surface area contributed by atoms with Crippen molar-refractivity contribution in [3.05, 3.63) is 17.5 Å². The van der Waals surface area contributed by atoms with Crippen LogP contribution in [0, 0.1) is 11.8 Å². The van der Waals surface area contributed by atoms with Crippen LogP contribution in [-0.2, 0) is 11.2 Å². The predicted molar refractivity (Wildman–Crippen MR) is 87.4 cm³/mol. The van der Waals surface area contributed by atoms with Gasteiger partial charge in [0.2, 0.25) is 5.91 Å². The van der Waals surface area contributed by atoms with Gasteiger partial charge in [-0.15, -0.1) is 0 Å². The number of carbonyl (C=O) groups excluding carboxylic acids is 2. The second kappa shape index (κ2) is 6.22. The summed E-state index contributed by atoms with van der Waals surface area (Å²) in [5.74, 6) is 1.87. The van der Waals surface area contributed by atoms with Gasteiger partial charge in [0.05, 0.1) is 0 Å². The van der Waals surface area contributed by atoms with E-state index in [2.05, 4.69) is 17.0 Å². The predicted octanol–water partition coefficient (Wildman–Crippen LogP) is 2.10. The minimum absolute atomic E-state index is 0.0219. The van der Waals surface area contributed by atoms with Crippen LogP contribution < -0.4 is 0 Å². The van der Waals surface area contributed by atoms with E-state index in [-0.39, 0.29) is 5.91 Å². The lowest BCUT2D eigenvalue weighted by Gasteiger charge is -2.52. The summed E-state index contributed by atoms with van der Waals surface area (Å²) in [7, 11) is 0. The molecular weight excluding hydrogens is 306 g/mol. The summed E-state index contributed by atoms with van der Waals surface area (Å²) >= 11 is 0. The molecule has 2 bridgehead atoms. The van der Waals surface area contributed by atoms with E-state index in [9.17, 15) is 9.59 Å². The summed E-state index contributed by atoms with van der Waals surface area (Å²) in [6.07, 6.45) is 5.68. The van der Waals surface area contributed by atoms with Crippen LogP contribution in [0.3, 0.4) is 0 Å². The maximum Gasteiger partial charge on any atom is 0.276 e. The summed E-state index contributed by atoms with van der Waals surface area (Å²) < 4.78 is 5.26. The van der Waals surface area contributed by atoms with Crippen LogP contribution in [0.25, 0.3) is 0 Å². The number of hydrogen-bond donors (Lipinski definition) is 0. The highest BCUT2D eigenvalue weighted by molar-refractivity contribution is 5.92.